The Balaban J connectivity index is 1.25. The molecule has 11 nitrogen and oxygen atoms in total. The molecular weight excluding hydrogens is 540 g/mol. The lowest BCUT2D eigenvalue weighted by Crippen LogP contribution is -2.33. The number of carbonyl (C=O) groups is 2. The highest BCUT2D eigenvalue weighted by Gasteiger charge is 2.30. The van der Waals surface area contributed by atoms with Gasteiger partial charge in [0, 0.05) is 29.3 Å². The van der Waals surface area contributed by atoms with E-state index in [1.54, 1.807) is 19.2 Å². The molecule has 2 aliphatic rings. The third-order valence-corrected chi connectivity index (χ3v) is 7.33. The quantitative estimate of drug-likeness (QED) is 0.292. The van der Waals surface area contributed by atoms with Crippen LogP contribution in [0.3, 0.4) is 0 Å². The monoisotopic (exact) mass is 578 g/mol. The molecule has 2 fully saturated rings. The van der Waals surface area contributed by atoms with Gasteiger partial charge >= 0.3 is 6.09 Å². The summed E-state index contributed by atoms with van der Waals surface area (Å²) in [5.74, 6) is 1.67. The van der Waals surface area contributed by atoms with E-state index in [1.165, 1.54) is 0 Å². The molecule has 3 aromatic rings. The summed E-state index contributed by atoms with van der Waals surface area (Å²) in [6.07, 6.45) is 1.16. The van der Waals surface area contributed by atoms with E-state index in [2.05, 4.69) is 20.8 Å². The Morgan fingerprint density at radius 3 is 2.57 bits per heavy atom. The van der Waals surface area contributed by atoms with Crippen LogP contribution < -0.4 is 20.1 Å². The number of aromatic nitrogens is 2. The predicted molar refractivity (Wildman–Crippen MR) is 155 cm³/mol. The third-order valence-electron chi connectivity index (χ3n) is 7.33. The summed E-state index contributed by atoms with van der Waals surface area (Å²) in [5.41, 5.74) is 3.75. The normalized spacial score (nSPS) is 18.7. The van der Waals surface area contributed by atoms with Crippen molar-refractivity contribution < 1.29 is 33.3 Å². The Labute approximate surface area is 245 Å². The molecule has 42 heavy (non-hydrogen) atoms. The summed E-state index contributed by atoms with van der Waals surface area (Å²) in [6.45, 7) is 6.94. The first-order valence-electron chi connectivity index (χ1n) is 14.3. The number of nitrogens with one attached hydrogen (secondary N) is 3. The first-order chi connectivity index (χ1) is 20.3. The molecule has 0 unspecified atom stereocenters. The average molecular weight is 579 g/mol. The molecule has 224 valence electrons. The first-order valence-corrected chi connectivity index (χ1v) is 14.3. The Kier molecular flexibility index (Phi) is 9.28. The topological polar surface area (TPSA) is 133 Å². The summed E-state index contributed by atoms with van der Waals surface area (Å²) in [6, 6.07) is 13.0. The predicted octanol–water partition coefficient (Wildman–Crippen LogP) is 5.37. The van der Waals surface area contributed by atoms with Gasteiger partial charge in [-0.3, -0.25) is 9.89 Å². The van der Waals surface area contributed by atoms with Crippen LogP contribution in [-0.4, -0.2) is 54.7 Å². The highest BCUT2D eigenvalue weighted by molar-refractivity contribution is 6.04. The van der Waals surface area contributed by atoms with Gasteiger partial charge in [0.05, 0.1) is 25.9 Å². The molecule has 1 aliphatic heterocycles. The zero-order valence-electron chi connectivity index (χ0n) is 24.4. The largest absolute Gasteiger partial charge is 0.497 e. The minimum absolute atomic E-state index is 0.0228. The SMILES string of the molecule is COc1ccc(COc2c(C)cc(C(=O)Nc3cc([C@H]4CC[C@@H](OC(=O)NC(C)C)C4)[nH]n3)cc2C2OCCO2)cc1. The van der Waals surface area contributed by atoms with E-state index in [1.807, 2.05) is 51.1 Å². The number of H-pyrrole nitrogens is 1. The second-order valence-corrected chi connectivity index (χ2v) is 10.9. The fraction of sp³-hybridized carbons (Fsp3) is 0.452. The number of anilines is 1. The number of methoxy groups -OCH3 is 1. The van der Waals surface area contributed by atoms with Gasteiger partial charge < -0.3 is 34.3 Å². The number of hydrogen-bond donors (Lipinski definition) is 3. The van der Waals surface area contributed by atoms with Crippen LogP contribution in [0.15, 0.2) is 42.5 Å². The van der Waals surface area contributed by atoms with E-state index in [9.17, 15) is 9.59 Å². The molecular formula is C31H38N4O7. The minimum Gasteiger partial charge on any atom is -0.497 e. The summed E-state index contributed by atoms with van der Waals surface area (Å²) in [5, 5.41) is 13.0. The molecule has 3 N–H and O–H groups in total. The molecule has 11 heteroatoms. The van der Waals surface area contributed by atoms with Gasteiger partial charge in [-0.15, -0.1) is 0 Å². The zero-order valence-corrected chi connectivity index (χ0v) is 24.4. The number of hydrogen-bond acceptors (Lipinski definition) is 8. The Hall–Kier alpha value is -4.09. The van der Waals surface area contributed by atoms with Gasteiger partial charge in [0.1, 0.15) is 24.2 Å². The number of ether oxygens (including phenoxy) is 5. The lowest BCUT2D eigenvalue weighted by molar-refractivity contribution is -0.0459. The Bertz CT molecular complexity index is 1380. The number of nitrogens with zero attached hydrogens (tertiary/aromatic N) is 1. The summed E-state index contributed by atoms with van der Waals surface area (Å²) in [7, 11) is 1.63. The first kappa shape index (κ1) is 29.4. The van der Waals surface area contributed by atoms with Crippen molar-refractivity contribution in [1.29, 1.82) is 0 Å². The Morgan fingerprint density at radius 2 is 1.86 bits per heavy atom. The summed E-state index contributed by atoms with van der Waals surface area (Å²) in [4.78, 5) is 25.3. The number of amides is 2. The highest BCUT2D eigenvalue weighted by Crippen LogP contribution is 2.37. The lowest BCUT2D eigenvalue weighted by Gasteiger charge is -2.19. The Morgan fingerprint density at radius 1 is 1.10 bits per heavy atom. The standard InChI is InChI=1S/C31H38N4O7/c1-18(2)32-31(37)42-24-10-7-21(14-24)26-16-27(35-34-26)33-29(36)22-13-19(3)28(25(15-22)30-39-11-12-40-30)41-17-20-5-8-23(38-4)9-6-20/h5-6,8-9,13,15-16,18,21,24,30H,7,10-12,14,17H2,1-4H3,(H,32,37)(H2,33,34,35,36)/t21-,24+/m0/s1. The zero-order chi connectivity index (χ0) is 29.6. The fourth-order valence-electron chi connectivity index (χ4n) is 5.27. The number of aromatic amines is 1. The van der Waals surface area contributed by atoms with Gasteiger partial charge in [-0.05, 0) is 75.4 Å². The highest BCUT2D eigenvalue weighted by atomic mass is 16.7. The van der Waals surface area contributed by atoms with E-state index in [0.717, 1.165) is 35.4 Å². The second-order valence-electron chi connectivity index (χ2n) is 10.9. The number of benzene rings is 2. The second kappa shape index (κ2) is 13.3. The average Bonchev–Trinajstić information content (AvgIpc) is 3.74. The molecule has 1 aromatic heterocycles. The molecule has 5 rings (SSSR count). The van der Waals surface area contributed by atoms with Crippen LogP contribution in [-0.2, 0) is 20.8 Å². The smallest absolute Gasteiger partial charge is 0.407 e. The molecule has 1 saturated heterocycles. The van der Waals surface area contributed by atoms with Crippen molar-refractivity contribution >= 4 is 17.8 Å². The third kappa shape index (κ3) is 7.21. The van der Waals surface area contributed by atoms with E-state index >= 15 is 0 Å². The number of alkyl carbamates (subject to hydrolysis) is 1. The maximum atomic E-state index is 13.3. The molecule has 0 radical (unpaired) electrons. The van der Waals surface area contributed by atoms with E-state index in [4.69, 9.17) is 23.7 Å². The summed E-state index contributed by atoms with van der Waals surface area (Å²) < 4.78 is 28.5. The van der Waals surface area contributed by atoms with Crippen LogP contribution >= 0.6 is 0 Å². The van der Waals surface area contributed by atoms with E-state index in [-0.39, 0.29) is 24.0 Å². The van der Waals surface area contributed by atoms with Gasteiger partial charge in [0.2, 0.25) is 0 Å². The van der Waals surface area contributed by atoms with E-state index < -0.39 is 12.4 Å². The van der Waals surface area contributed by atoms with Crippen molar-refractivity contribution in [3.05, 3.63) is 70.4 Å². The molecule has 0 bridgehead atoms. The lowest BCUT2D eigenvalue weighted by atomic mass is 10.0. The maximum Gasteiger partial charge on any atom is 0.407 e. The fourth-order valence-corrected chi connectivity index (χ4v) is 5.27. The van der Waals surface area contributed by atoms with Crippen molar-refractivity contribution in [3.8, 4) is 11.5 Å². The molecule has 1 aliphatic carbocycles. The number of aryl methyl sites for hydroxylation is 1. The van der Waals surface area contributed by atoms with Gasteiger partial charge in [-0.1, -0.05) is 12.1 Å². The van der Waals surface area contributed by atoms with Crippen molar-refractivity contribution in [2.45, 2.75) is 71.0 Å². The molecule has 2 atom stereocenters. The van der Waals surface area contributed by atoms with Gasteiger partial charge in [0.15, 0.2) is 12.1 Å². The van der Waals surface area contributed by atoms with E-state index in [0.29, 0.717) is 48.9 Å². The molecule has 1 saturated carbocycles. The van der Waals surface area contributed by atoms with Crippen LogP contribution in [0.4, 0.5) is 10.6 Å². The van der Waals surface area contributed by atoms with Gasteiger partial charge in [0.25, 0.3) is 5.91 Å². The van der Waals surface area contributed by atoms with Crippen LogP contribution in [0, 0.1) is 6.92 Å². The molecule has 2 aromatic carbocycles. The van der Waals surface area contributed by atoms with Crippen molar-refractivity contribution in [2.75, 3.05) is 25.6 Å². The number of rotatable bonds is 10. The maximum absolute atomic E-state index is 13.3. The van der Waals surface area contributed by atoms with Crippen molar-refractivity contribution in [3.63, 3.8) is 0 Å². The van der Waals surface area contributed by atoms with Gasteiger partial charge in [-0.2, -0.15) is 5.10 Å². The van der Waals surface area contributed by atoms with Crippen LogP contribution in [0.1, 0.15) is 78.1 Å². The van der Waals surface area contributed by atoms with Crippen molar-refractivity contribution in [2.24, 2.45) is 0 Å². The van der Waals surface area contributed by atoms with Crippen LogP contribution in [0.25, 0.3) is 0 Å². The molecule has 2 heterocycles. The number of carbonyl (C=O) groups excluding carboxylic acids is 2. The van der Waals surface area contributed by atoms with Crippen LogP contribution in [0.2, 0.25) is 0 Å². The van der Waals surface area contributed by atoms with Gasteiger partial charge in [-0.25, -0.2) is 4.79 Å². The minimum atomic E-state index is -0.626. The summed E-state index contributed by atoms with van der Waals surface area (Å²) >= 11 is 0. The molecule has 0 spiro atoms. The van der Waals surface area contributed by atoms with Crippen LogP contribution in [0.5, 0.6) is 11.5 Å². The van der Waals surface area contributed by atoms with Crippen molar-refractivity contribution in [1.82, 2.24) is 15.5 Å². The molecule has 2 amide bonds.